The zero-order valence-corrected chi connectivity index (χ0v) is 12.1. The second kappa shape index (κ2) is 5.42. The molecule has 0 saturated carbocycles. The molecular weight excluding hydrogens is 298 g/mol. The molecule has 2 rings (SSSR count). The number of ether oxygens (including phenoxy) is 1. The van der Waals surface area contributed by atoms with Crippen LogP contribution in [0.1, 0.15) is 12.5 Å². The number of hydrogen-bond donors (Lipinski definition) is 2. The molecule has 100 valence electrons. The second-order valence-electron chi connectivity index (χ2n) is 4.62. The normalized spacial score (nSPS) is 24.3. The summed E-state index contributed by atoms with van der Waals surface area (Å²) in [4.78, 5) is 6.54. The third kappa shape index (κ3) is 2.46. The van der Waals surface area contributed by atoms with Crippen molar-refractivity contribution in [1.29, 1.82) is 0 Å². The predicted octanol–water partition coefficient (Wildman–Crippen LogP) is 1.32. The first-order valence-corrected chi connectivity index (χ1v) is 6.73. The van der Waals surface area contributed by atoms with Crippen LogP contribution in [-0.2, 0) is 4.74 Å². The number of morpholine rings is 1. The topological polar surface area (TPSA) is 71.6 Å². The van der Waals surface area contributed by atoms with Crippen molar-refractivity contribution in [1.82, 2.24) is 4.98 Å². The molecule has 18 heavy (non-hydrogen) atoms. The summed E-state index contributed by atoms with van der Waals surface area (Å²) in [5.41, 5.74) is 7.49. The molecule has 2 atom stereocenters. The summed E-state index contributed by atoms with van der Waals surface area (Å²) in [6.07, 6.45) is 1.51. The number of aromatic nitrogens is 1. The van der Waals surface area contributed by atoms with E-state index in [9.17, 15) is 5.11 Å². The molecule has 1 aliphatic heterocycles. The van der Waals surface area contributed by atoms with E-state index in [0.29, 0.717) is 18.8 Å². The predicted molar refractivity (Wildman–Crippen MR) is 74.7 cm³/mol. The van der Waals surface area contributed by atoms with Gasteiger partial charge in [0.15, 0.2) is 0 Å². The number of hydrogen-bond acceptors (Lipinski definition) is 5. The molecule has 0 aliphatic carbocycles. The highest BCUT2D eigenvalue weighted by atomic mass is 79.9. The number of rotatable bonds is 2. The quantitative estimate of drug-likeness (QED) is 0.861. The maximum atomic E-state index is 9.21. The summed E-state index contributed by atoms with van der Waals surface area (Å²) in [5.74, 6) is 0.857. The summed E-state index contributed by atoms with van der Waals surface area (Å²) < 4.78 is 6.44. The molecule has 1 saturated heterocycles. The van der Waals surface area contributed by atoms with Gasteiger partial charge in [0.1, 0.15) is 5.82 Å². The molecule has 3 N–H and O–H groups in total. The van der Waals surface area contributed by atoms with E-state index in [4.69, 9.17) is 10.5 Å². The second-order valence-corrected chi connectivity index (χ2v) is 5.41. The molecule has 0 amide bonds. The molecule has 0 radical (unpaired) electrons. The Balaban J connectivity index is 2.32. The summed E-state index contributed by atoms with van der Waals surface area (Å²) >= 11 is 3.55. The Morgan fingerprint density at radius 2 is 2.39 bits per heavy atom. The van der Waals surface area contributed by atoms with Crippen LogP contribution in [-0.4, -0.2) is 42.0 Å². The molecule has 0 aromatic carbocycles. The van der Waals surface area contributed by atoms with Crippen LogP contribution in [0.15, 0.2) is 10.7 Å². The Labute approximate surface area is 115 Å². The number of halogens is 1. The minimum Gasteiger partial charge on any atom is -0.397 e. The fourth-order valence-corrected chi connectivity index (χ4v) is 2.56. The number of anilines is 2. The van der Waals surface area contributed by atoms with Crippen LogP contribution < -0.4 is 10.6 Å². The molecular formula is C12H18BrN3O2. The lowest BCUT2D eigenvalue weighted by Gasteiger charge is -2.38. The zero-order valence-electron chi connectivity index (χ0n) is 10.6. The molecule has 0 bridgehead atoms. The van der Waals surface area contributed by atoms with Crippen molar-refractivity contribution in [2.75, 3.05) is 30.4 Å². The minimum absolute atomic E-state index is 0.0226. The standard InChI is InChI=1S/C12H18BrN3O2/c1-7-6-18-9(5-17)4-16(7)12-11(13)8(2)10(14)3-15-12/h3,7,9,17H,4-6,14H2,1-2H3. The van der Waals surface area contributed by atoms with Gasteiger partial charge in [-0.25, -0.2) is 4.98 Å². The third-order valence-corrected chi connectivity index (χ3v) is 4.22. The Kier molecular flexibility index (Phi) is 4.09. The van der Waals surface area contributed by atoms with Crippen LogP contribution in [0.2, 0.25) is 0 Å². The first-order chi connectivity index (χ1) is 8.54. The van der Waals surface area contributed by atoms with Gasteiger partial charge < -0.3 is 20.5 Å². The first kappa shape index (κ1) is 13.6. The Bertz CT molecular complexity index is 442. The molecule has 2 unspecified atom stereocenters. The summed E-state index contributed by atoms with van der Waals surface area (Å²) in [7, 11) is 0. The van der Waals surface area contributed by atoms with E-state index in [1.807, 2.05) is 6.92 Å². The largest absolute Gasteiger partial charge is 0.397 e. The van der Waals surface area contributed by atoms with Crippen LogP contribution in [0.5, 0.6) is 0 Å². The summed E-state index contributed by atoms with van der Waals surface area (Å²) in [5, 5.41) is 9.21. The molecule has 5 nitrogen and oxygen atoms in total. The number of aliphatic hydroxyl groups is 1. The molecule has 6 heteroatoms. The van der Waals surface area contributed by atoms with E-state index in [0.717, 1.165) is 15.9 Å². The minimum atomic E-state index is -0.159. The van der Waals surface area contributed by atoms with Gasteiger partial charge in [-0.2, -0.15) is 0 Å². The maximum absolute atomic E-state index is 9.21. The molecule has 0 spiro atoms. The van der Waals surface area contributed by atoms with E-state index in [1.165, 1.54) is 0 Å². The molecule has 1 aromatic rings. The van der Waals surface area contributed by atoms with Crippen molar-refractivity contribution in [2.45, 2.75) is 26.0 Å². The van der Waals surface area contributed by atoms with Crippen molar-refractivity contribution in [3.63, 3.8) is 0 Å². The monoisotopic (exact) mass is 315 g/mol. The van der Waals surface area contributed by atoms with Crippen LogP contribution >= 0.6 is 15.9 Å². The maximum Gasteiger partial charge on any atom is 0.143 e. The number of pyridine rings is 1. The highest BCUT2D eigenvalue weighted by Crippen LogP contribution is 2.32. The lowest BCUT2D eigenvalue weighted by molar-refractivity contribution is -0.0106. The van der Waals surface area contributed by atoms with Gasteiger partial charge >= 0.3 is 0 Å². The van der Waals surface area contributed by atoms with Gasteiger partial charge in [0.25, 0.3) is 0 Å². The van der Waals surface area contributed by atoms with E-state index >= 15 is 0 Å². The average Bonchev–Trinajstić information content (AvgIpc) is 2.37. The average molecular weight is 316 g/mol. The van der Waals surface area contributed by atoms with Crippen molar-refractivity contribution >= 4 is 27.4 Å². The van der Waals surface area contributed by atoms with Crippen molar-refractivity contribution < 1.29 is 9.84 Å². The fourth-order valence-electron chi connectivity index (χ4n) is 2.00. The van der Waals surface area contributed by atoms with E-state index in [2.05, 4.69) is 32.7 Å². The van der Waals surface area contributed by atoms with Gasteiger partial charge in [-0.05, 0) is 35.3 Å². The number of nitrogens with two attached hydrogens (primary N) is 1. The summed E-state index contributed by atoms with van der Waals surface area (Å²) in [6, 6.07) is 0.222. The van der Waals surface area contributed by atoms with Gasteiger partial charge in [0.05, 0.1) is 41.7 Å². The molecule has 1 fully saturated rings. The third-order valence-electron chi connectivity index (χ3n) is 3.27. The molecule has 1 aliphatic rings. The van der Waals surface area contributed by atoms with Crippen LogP contribution in [0.25, 0.3) is 0 Å². The number of nitrogen functional groups attached to an aromatic ring is 1. The number of nitrogens with zero attached hydrogens (tertiary/aromatic N) is 2. The Morgan fingerprint density at radius 1 is 1.67 bits per heavy atom. The lowest BCUT2D eigenvalue weighted by atomic mass is 10.1. The molecule has 1 aromatic heterocycles. The van der Waals surface area contributed by atoms with Gasteiger partial charge in [0, 0.05) is 6.54 Å². The Hall–Kier alpha value is -0.850. The SMILES string of the molecule is Cc1c(N)cnc(N2CC(CO)OCC2C)c1Br. The van der Waals surface area contributed by atoms with Gasteiger partial charge in [-0.3, -0.25) is 0 Å². The lowest BCUT2D eigenvalue weighted by Crippen LogP contribution is -2.50. The molecule has 2 heterocycles. The van der Waals surface area contributed by atoms with E-state index in [-0.39, 0.29) is 18.8 Å². The van der Waals surface area contributed by atoms with Crippen LogP contribution in [0.3, 0.4) is 0 Å². The van der Waals surface area contributed by atoms with E-state index in [1.54, 1.807) is 6.20 Å². The van der Waals surface area contributed by atoms with Crippen molar-refractivity contribution in [2.24, 2.45) is 0 Å². The summed E-state index contributed by atoms with van der Waals surface area (Å²) in [6.45, 7) is 5.27. The zero-order chi connectivity index (χ0) is 13.3. The van der Waals surface area contributed by atoms with Gasteiger partial charge in [0.2, 0.25) is 0 Å². The van der Waals surface area contributed by atoms with E-state index < -0.39 is 0 Å². The van der Waals surface area contributed by atoms with Crippen LogP contribution in [0, 0.1) is 6.92 Å². The Morgan fingerprint density at radius 3 is 3.06 bits per heavy atom. The van der Waals surface area contributed by atoms with Gasteiger partial charge in [-0.15, -0.1) is 0 Å². The highest BCUT2D eigenvalue weighted by Gasteiger charge is 2.28. The first-order valence-electron chi connectivity index (χ1n) is 5.94. The number of aliphatic hydroxyl groups excluding tert-OH is 1. The smallest absolute Gasteiger partial charge is 0.143 e. The van der Waals surface area contributed by atoms with Gasteiger partial charge in [-0.1, -0.05) is 0 Å². The van der Waals surface area contributed by atoms with Crippen LogP contribution in [0.4, 0.5) is 11.5 Å². The van der Waals surface area contributed by atoms with Crippen molar-refractivity contribution in [3.05, 3.63) is 16.2 Å². The fraction of sp³-hybridized carbons (Fsp3) is 0.583. The highest BCUT2D eigenvalue weighted by molar-refractivity contribution is 9.10. The van der Waals surface area contributed by atoms with Crippen molar-refractivity contribution in [3.8, 4) is 0 Å².